The van der Waals surface area contributed by atoms with Crippen molar-refractivity contribution in [3.05, 3.63) is 71.0 Å². The summed E-state index contributed by atoms with van der Waals surface area (Å²) in [5.74, 6) is 2.21. The van der Waals surface area contributed by atoms with Gasteiger partial charge in [0, 0.05) is 15.9 Å². The number of fused-ring (bicyclic) bond motifs is 1. The molecule has 0 spiro atoms. The van der Waals surface area contributed by atoms with Crippen LogP contribution in [0.2, 0.25) is 0 Å². The number of halogens is 1. The number of hydrogen-bond acceptors (Lipinski definition) is 3. The third-order valence-electron chi connectivity index (χ3n) is 4.37. The third kappa shape index (κ3) is 5.47. The number of nitrogens with one attached hydrogen (secondary N) is 1. The lowest BCUT2D eigenvalue weighted by atomic mass is 10.1. The van der Waals surface area contributed by atoms with Gasteiger partial charge in [0.1, 0.15) is 5.82 Å². The average molecular weight is 444 g/mol. The molecule has 0 aliphatic rings. The van der Waals surface area contributed by atoms with Gasteiger partial charge in [-0.25, -0.2) is 4.98 Å². The van der Waals surface area contributed by atoms with Gasteiger partial charge >= 0.3 is 0 Å². The van der Waals surface area contributed by atoms with Crippen LogP contribution < -0.4 is 5.32 Å². The summed E-state index contributed by atoms with van der Waals surface area (Å²) in [7, 11) is 0. The van der Waals surface area contributed by atoms with Crippen molar-refractivity contribution in [2.75, 3.05) is 12.3 Å². The second kappa shape index (κ2) is 10.1. The molecule has 0 saturated carbocycles. The maximum atomic E-state index is 4.85. The van der Waals surface area contributed by atoms with Gasteiger partial charge in [0.25, 0.3) is 0 Å². The molecule has 142 valence electrons. The van der Waals surface area contributed by atoms with E-state index in [-0.39, 0.29) is 0 Å². The highest BCUT2D eigenvalue weighted by molar-refractivity contribution is 9.10. The number of allylic oxidation sites excluding steroid dienone is 1. The molecule has 27 heavy (non-hydrogen) atoms. The van der Waals surface area contributed by atoms with E-state index in [1.165, 1.54) is 22.4 Å². The summed E-state index contributed by atoms with van der Waals surface area (Å²) >= 11 is 5.39. The predicted molar refractivity (Wildman–Crippen MR) is 120 cm³/mol. The van der Waals surface area contributed by atoms with Crippen LogP contribution >= 0.6 is 27.7 Å². The first-order valence-electron chi connectivity index (χ1n) is 9.39. The molecule has 3 aromatic rings. The van der Waals surface area contributed by atoms with Gasteiger partial charge in [-0.05, 0) is 61.0 Å². The molecule has 3 nitrogen and oxygen atoms in total. The molecular formula is C22H26BrN3S. The summed E-state index contributed by atoms with van der Waals surface area (Å²) in [5, 5.41) is 3.54. The van der Waals surface area contributed by atoms with Gasteiger partial charge in [-0.2, -0.15) is 0 Å². The first-order chi connectivity index (χ1) is 13.2. The van der Waals surface area contributed by atoms with Gasteiger partial charge in [0.2, 0.25) is 0 Å². The van der Waals surface area contributed by atoms with Crippen molar-refractivity contribution in [2.45, 2.75) is 37.8 Å². The molecule has 1 aromatic heterocycles. The molecule has 0 radical (unpaired) electrons. The van der Waals surface area contributed by atoms with Gasteiger partial charge in [0.05, 0.1) is 17.6 Å². The zero-order valence-corrected chi connectivity index (χ0v) is 18.2. The van der Waals surface area contributed by atoms with Crippen molar-refractivity contribution in [3.8, 4) is 0 Å². The topological polar surface area (TPSA) is 29.9 Å². The number of rotatable bonds is 10. The van der Waals surface area contributed by atoms with E-state index >= 15 is 0 Å². The highest BCUT2D eigenvalue weighted by Gasteiger charge is 2.10. The lowest BCUT2D eigenvalue weighted by Gasteiger charge is -2.09. The Morgan fingerprint density at radius 3 is 2.78 bits per heavy atom. The van der Waals surface area contributed by atoms with E-state index in [0.717, 1.165) is 47.6 Å². The number of benzene rings is 2. The maximum absolute atomic E-state index is 4.85. The molecule has 5 heteroatoms. The zero-order chi connectivity index (χ0) is 19.1. The molecule has 0 aliphatic heterocycles. The van der Waals surface area contributed by atoms with E-state index in [4.69, 9.17) is 4.98 Å². The second-order valence-electron chi connectivity index (χ2n) is 6.48. The van der Waals surface area contributed by atoms with E-state index in [0.29, 0.717) is 0 Å². The molecular weight excluding hydrogens is 418 g/mol. The molecule has 2 aromatic carbocycles. The van der Waals surface area contributed by atoms with Crippen LogP contribution in [0.15, 0.2) is 64.5 Å². The molecule has 0 aliphatic carbocycles. The lowest BCUT2D eigenvalue weighted by molar-refractivity contribution is 0.631. The first-order valence-corrected chi connectivity index (χ1v) is 11.2. The van der Waals surface area contributed by atoms with Crippen LogP contribution in [0.4, 0.5) is 0 Å². The van der Waals surface area contributed by atoms with Crippen LogP contribution in [-0.4, -0.2) is 21.8 Å². The molecule has 1 heterocycles. The minimum Gasteiger partial charge on any atom is -0.323 e. The average Bonchev–Trinajstić information content (AvgIpc) is 3.02. The summed E-state index contributed by atoms with van der Waals surface area (Å²) in [5.41, 5.74) is 3.59. The highest BCUT2D eigenvalue weighted by Crippen LogP contribution is 2.25. The SMILES string of the molecule is C=CCn1c(CNCCc2ccc(Br)cc2)nc2ccc(SCCC)cc21. The van der Waals surface area contributed by atoms with Gasteiger partial charge in [0.15, 0.2) is 0 Å². The number of nitrogens with zero attached hydrogens (tertiary/aromatic N) is 2. The van der Waals surface area contributed by atoms with Crippen molar-refractivity contribution in [1.29, 1.82) is 0 Å². The smallest absolute Gasteiger partial charge is 0.124 e. The van der Waals surface area contributed by atoms with Crippen LogP contribution in [0, 0.1) is 0 Å². The Morgan fingerprint density at radius 2 is 2.04 bits per heavy atom. The largest absolute Gasteiger partial charge is 0.323 e. The molecule has 0 atom stereocenters. The maximum Gasteiger partial charge on any atom is 0.124 e. The Morgan fingerprint density at radius 1 is 1.22 bits per heavy atom. The fraction of sp³-hybridized carbons (Fsp3) is 0.318. The molecule has 0 bridgehead atoms. The van der Waals surface area contributed by atoms with Crippen LogP contribution in [0.1, 0.15) is 24.7 Å². The Balaban J connectivity index is 1.68. The van der Waals surface area contributed by atoms with E-state index in [1.54, 1.807) is 0 Å². The van der Waals surface area contributed by atoms with Crippen LogP contribution in [0.25, 0.3) is 11.0 Å². The van der Waals surface area contributed by atoms with Gasteiger partial charge in [-0.3, -0.25) is 0 Å². The highest BCUT2D eigenvalue weighted by atomic mass is 79.9. The van der Waals surface area contributed by atoms with E-state index in [9.17, 15) is 0 Å². The Bertz CT molecular complexity index is 886. The van der Waals surface area contributed by atoms with E-state index < -0.39 is 0 Å². The van der Waals surface area contributed by atoms with Crippen LogP contribution in [0.5, 0.6) is 0 Å². The minimum atomic E-state index is 0.760. The van der Waals surface area contributed by atoms with Gasteiger partial charge in [-0.1, -0.05) is 41.1 Å². The fourth-order valence-corrected chi connectivity index (χ4v) is 4.08. The quantitative estimate of drug-likeness (QED) is 0.243. The van der Waals surface area contributed by atoms with Crippen molar-refractivity contribution < 1.29 is 0 Å². The van der Waals surface area contributed by atoms with E-state index in [2.05, 4.69) is 81.8 Å². The van der Waals surface area contributed by atoms with Crippen LogP contribution in [-0.2, 0) is 19.5 Å². The Labute approximate surface area is 174 Å². The van der Waals surface area contributed by atoms with E-state index in [1.807, 2.05) is 17.8 Å². The third-order valence-corrected chi connectivity index (χ3v) is 6.10. The summed E-state index contributed by atoms with van der Waals surface area (Å²) in [6, 6.07) is 15.1. The van der Waals surface area contributed by atoms with Crippen LogP contribution in [0.3, 0.4) is 0 Å². The molecule has 0 amide bonds. The number of aromatic nitrogens is 2. The normalized spacial score (nSPS) is 11.2. The van der Waals surface area contributed by atoms with Crippen molar-refractivity contribution >= 4 is 38.7 Å². The summed E-state index contributed by atoms with van der Waals surface area (Å²) in [4.78, 5) is 6.16. The number of imidazole rings is 1. The molecule has 3 rings (SSSR count). The Hall–Kier alpha value is -1.56. The lowest BCUT2D eigenvalue weighted by Crippen LogP contribution is -2.19. The zero-order valence-electron chi connectivity index (χ0n) is 15.7. The molecule has 0 unspecified atom stereocenters. The van der Waals surface area contributed by atoms with Crippen molar-refractivity contribution in [1.82, 2.24) is 14.9 Å². The summed E-state index contributed by atoms with van der Waals surface area (Å²) in [6.45, 7) is 8.60. The first kappa shape index (κ1) is 20.2. The number of thioether (sulfide) groups is 1. The van der Waals surface area contributed by atoms with Crippen molar-refractivity contribution in [3.63, 3.8) is 0 Å². The predicted octanol–water partition coefficient (Wildman–Crippen LogP) is 5.82. The molecule has 0 saturated heterocycles. The monoisotopic (exact) mass is 443 g/mol. The summed E-state index contributed by atoms with van der Waals surface area (Å²) in [6.07, 6.45) is 4.13. The minimum absolute atomic E-state index is 0.760. The fourth-order valence-electron chi connectivity index (χ4n) is 3.01. The Kier molecular flexibility index (Phi) is 7.56. The molecule has 0 fully saturated rings. The molecule has 1 N–H and O–H groups in total. The summed E-state index contributed by atoms with van der Waals surface area (Å²) < 4.78 is 3.39. The standard InChI is InChI=1S/C22H26BrN3S/c1-3-13-26-21-15-19(27-14-4-2)9-10-20(21)25-22(26)16-24-12-11-17-5-7-18(23)8-6-17/h3,5-10,15,24H,1,4,11-14,16H2,2H3. The van der Waals surface area contributed by atoms with Crippen molar-refractivity contribution in [2.24, 2.45) is 0 Å². The number of hydrogen-bond donors (Lipinski definition) is 1. The van der Waals surface area contributed by atoms with Gasteiger partial charge in [-0.15, -0.1) is 18.3 Å². The second-order valence-corrected chi connectivity index (χ2v) is 8.56. The van der Waals surface area contributed by atoms with Gasteiger partial charge < -0.3 is 9.88 Å².